The minimum Gasteiger partial charge on any atom is -0.284 e. The molecule has 0 radical (unpaired) electrons. The first-order valence-corrected chi connectivity index (χ1v) is 8.57. The molecule has 0 bridgehead atoms. The van der Waals surface area contributed by atoms with Crippen LogP contribution in [0.25, 0.3) is 0 Å². The van der Waals surface area contributed by atoms with Crippen LogP contribution in [0.3, 0.4) is 0 Å². The molecule has 9 heteroatoms. The number of benzene rings is 1. The van der Waals surface area contributed by atoms with Gasteiger partial charge in [-0.3, -0.25) is 14.5 Å². The zero-order chi connectivity index (χ0) is 15.1. The number of nitrogens with one attached hydrogen (secondary N) is 1. The first-order chi connectivity index (χ1) is 9.22. The van der Waals surface area contributed by atoms with E-state index in [1.165, 1.54) is 13.1 Å². The van der Waals surface area contributed by atoms with E-state index in [0.29, 0.717) is 8.95 Å². The summed E-state index contributed by atoms with van der Waals surface area (Å²) in [5.74, 6) is -0.958. The van der Waals surface area contributed by atoms with Gasteiger partial charge < -0.3 is 0 Å². The number of imide groups is 1. The first kappa shape index (κ1) is 15.6. The maximum absolute atomic E-state index is 12.3. The van der Waals surface area contributed by atoms with Crippen LogP contribution in [0.1, 0.15) is 6.42 Å². The van der Waals surface area contributed by atoms with Crippen molar-refractivity contribution in [2.75, 3.05) is 7.05 Å². The van der Waals surface area contributed by atoms with Crippen LogP contribution < -0.4 is 4.72 Å². The molecule has 1 aliphatic heterocycles. The van der Waals surface area contributed by atoms with Crippen LogP contribution in [0.4, 0.5) is 0 Å². The van der Waals surface area contributed by atoms with Gasteiger partial charge in [-0.05, 0) is 34.1 Å². The van der Waals surface area contributed by atoms with Crippen LogP contribution in [0.2, 0.25) is 0 Å². The minimum absolute atomic E-state index is 0.00155. The van der Waals surface area contributed by atoms with Gasteiger partial charge in [0.15, 0.2) is 0 Å². The highest BCUT2D eigenvalue weighted by atomic mass is 79.9. The molecule has 108 valence electrons. The molecule has 1 saturated heterocycles. The summed E-state index contributed by atoms with van der Waals surface area (Å²) in [5.41, 5.74) is 0. The third-order valence-corrected chi connectivity index (χ3v) is 5.82. The largest absolute Gasteiger partial charge is 0.284 e. The number of rotatable bonds is 3. The van der Waals surface area contributed by atoms with Gasteiger partial charge in [0.25, 0.3) is 0 Å². The molecule has 6 nitrogen and oxygen atoms in total. The Balaban J connectivity index is 2.31. The molecule has 1 aromatic rings. The lowest BCUT2D eigenvalue weighted by Gasteiger charge is -2.13. The SMILES string of the molecule is CN1C(=O)CC(NS(=O)(=O)c2cc(Br)ccc2Br)C1=O. The van der Waals surface area contributed by atoms with Crippen LogP contribution in [-0.4, -0.2) is 38.2 Å². The van der Waals surface area contributed by atoms with E-state index in [1.54, 1.807) is 12.1 Å². The highest BCUT2D eigenvalue weighted by Crippen LogP contribution is 2.26. The maximum Gasteiger partial charge on any atom is 0.247 e. The van der Waals surface area contributed by atoms with E-state index in [1.807, 2.05) is 0 Å². The van der Waals surface area contributed by atoms with E-state index in [4.69, 9.17) is 0 Å². The van der Waals surface area contributed by atoms with Crippen molar-refractivity contribution in [2.24, 2.45) is 0 Å². The molecule has 2 amide bonds. The number of hydrogen-bond acceptors (Lipinski definition) is 4. The summed E-state index contributed by atoms with van der Waals surface area (Å²) in [6.07, 6.45) is -0.166. The van der Waals surface area contributed by atoms with Gasteiger partial charge in [-0.25, -0.2) is 8.42 Å². The highest BCUT2D eigenvalue weighted by molar-refractivity contribution is 9.11. The summed E-state index contributed by atoms with van der Waals surface area (Å²) in [7, 11) is -2.58. The number of likely N-dealkylation sites (tertiary alicyclic amines) is 1. The lowest BCUT2D eigenvalue weighted by atomic mass is 10.3. The molecule has 1 aliphatic rings. The van der Waals surface area contributed by atoms with Gasteiger partial charge >= 0.3 is 0 Å². The Morgan fingerprint density at radius 2 is 1.95 bits per heavy atom. The van der Waals surface area contributed by atoms with Crippen LogP contribution >= 0.6 is 31.9 Å². The number of hydrogen-bond donors (Lipinski definition) is 1. The highest BCUT2D eigenvalue weighted by Gasteiger charge is 2.39. The fraction of sp³-hybridized carbons (Fsp3) is 0.273. The van der Waals surface area contributed by atoms with E-state index in [9.17, 15) is 18.0 Å². The monoisotopic (exact) mass is 424 g/mol. The summed E-state index contributed by atoms with van der Waals surface area (Å²) in [6.45, 7) is 0. The zero-order valence-corrected chi connectivity index (χ0v) is 14.2. The number of carbonyl (C=O) groups excluding carboxylic acids is 2. The van der Waals surface area contributed by atoms with Gasteiger partial charge in [0.2, 0.25) is 21.8 Å². The molecule has 1 aromatic carbocycles. The van der Waals surface area contributed by atoms with Crippen LogP contribution in [-0.2, 0) is 19.6 Å². The Bertz CT molecular complexity index is 690. The van der Waals surface area contributed by atoms with Crippen molar-refractivity contribution in [3.8, 4) is 0 Å². The molecule has 1 fully saturated rings. The molecule has 0 aliphatic carbocycles. The molecular weight excluding hydrogens is 416 g/mol. The van der Waals surface area contributed by atoms with E-state index >= 15 is 0 Å². The number of halogens is 2. The van der Waals surface area contributed by atoms with E-state index in [-0.39, 0.29) is 11.3 Å². The third kappa shape index (κ3) is 2.95. The van der Waals surface area contributed by atoms with Gasteiger partial charge in [0.1, 0.15) is 6.04 Å². The predicted molar refractivity (Wildman–Crippen MR) is 78.3 cm³/mol. The van der Waals surface area contributed by atoms with Gasteiger partial charge in [-0.15, -0.1) is 0 Å². The zero-order valence-electron chi connectivity index (χ0n) is 10.3. The van der Waals surface area contributed by atoms with Crippen molar-refractivity contribution in [1.29, 1.82) is 0 Å². The fourth-order valence-corrected chi connectivity index (χ4v) is 4.47. The third-order valence-electron chi connectivity index (χ3n) is 2.86. The van der Waals surface area contributed by atoms with Crippen molar-refractivity contribution < 1.29 is 18.0 Å². The standard InChI is InChI=1S/C11H10Br2N2O4S/c1-15-10(16)5-8(11(15)17)14-20(18,19)9-4-6(12)2-3-7(9)13/h2-4,8,14H,5H2,1H3. The summed E-state index contributed by atoms with van der Waals surface area (Å²) in [6, 6.07) is 3.62. The topological polar surface area (TPSA) is 83.6 Å². The number of amides is 2. The first-order valence-electron chi connectivity index (χ1n) is 5.50. The average Bonchev–Trinajstić information content (AvgIpc) is 2.59. The summed E-state index contributed by atoms with van der Waals surface area (Å²) < 4.78 is 27.8. The number of nitrogens with zero attached hydrogens (tertiary/aromatic N) is 1. The molecule has 1 unspecified atom stereocenters. The van der Waals surface area contributed by atoms with Crippen molar-refractivity contribution in [3.05, 3.63) is 27.1 Å². The van der Waals surface area contributed by atoms with Crippen molar-refractivity contribution in [3.63, 3.8) is 0 Å². The lowest BCUT2D eigenvalue weighted by Crippen LogP contribution is -2.40. The van der Waals surface area contributed by atoms with Crippen molar-refractivity contribution >= 4 is 53.7 Å². The van der Waals surface area contributed by atoms with Crippen LogP contribution in [0, 0.1) is 0 Å². The summed E-state index contributed by atoms with van der Waals surface area (Å²) in [4.78, 5) is 24.0. The van der Waals surface area contributed by atoms with Crippen LogP contribution in [0.15, 0.2) is 32.0 Å². The molecule has 0 saturated carbocycles. The normalized spacial score (nSPS) is 19.8. The smallest absolute Gasteiger partial charge is 0.247 e. The molecule has 20 heavy (non-hydrogen) atoms. The average molecular weight is 426 g/mol. The molecule has 2 rings (SSSR count). The Morgan fingerprint density at radius 3 is 2.50 bits per heavy atom. The Kier molecular flexibility index (Phi) is 4.33. The Labute approximate surface area is 132 Å². The maximum atomic E-state index is 12.3. The second kappa shape index (κ2) is 5.55. The van der Waals surface area contributed by atoms with Gasteiger partial charge in [0.05, 0.1) is 11.3 Å². The lowest BCUT2D eigenvalue weighted by molar-refractivity contribution is -0.137. The number of carbonyl (C=O) groups is 2. The van der Waals surface area contributed by atoms with Crippen LogP contribution in [0.5, 0.6) is 0 Å². The number of sulfonamides is 1. The van der Waals surface area contributed by atoms with Crippen molar-refractivity contribution in [2.45, 2.75) is 17.4 Å². The molecular formula is C11H10Br2N2O4S. The quantitative estimate of drug-likeness (QED) is 0.738. The minimum atomic E-state index is -3.90. The summed E-state index contributed by atoms with van der Waals surface area (Å²) >= 11 is 6.34. The van der Waals surface area contributed by atoms with E-state index in [0.717, 1.165) is 4.90 Å². The van der Waals surface area contributed by atoms with Crippen molar-refractivity contribution in [1.82, 2.24) is 9.62 Å². The second-order valence-electron chi connectivity index (χ2n) is 4.24. The van der Waals surface area contributed by atoms with E-state index < -0.39 is 27.9 Å². The molecule has 0 aromatic heterocycles. The van der Waals surface area contributed by atoms with E-state index in [2.05, 4.69) is 36.6 Å². The molecule has 1 N–H and O–H groups in total. The second-order valence-corrected chi connectivity index (χ2v) is 7.70. The predicted octanol–water partition coefficient (Wildman–Crippen LogP) is 1.25. The Hall–Kier alpha value is -0.770. The molecule has 1 heterocycles. The Morgan fingerprint density at radius 1 is 1.30 bits per heavy atom. The number of likely N-dealkylation sites (N-methyl/N-ethyl adjacent to an activating group) is 1. The molecule has 1 atom stereocenters. The van der Waals surface area contributed by atoms with Gasteiger partial charge in [-0.1, -0.05) is 15.9 Å². The van der Waals surface area contributed by atoms with Gasteiger partial charge in [0, 0.05) is 16.0 Å². The van der Waals surface area contributed by atoms with Gasteiger partial charge in [-0.2, -0.15) is 4.72 Å². The fourth-order valence-electron chi connectivity index (χ4n) is 1.78. The summed E-state index contributed by atoms with van der Waals surface area (Å²) in [5, 5.41) is 0. The molecule has 0 spiro atoms.